The third kappa shape index (κ3) is 2.54. The van der Waals surface area contributed by atoms with Crippen molar-refractivity contribution >= 4 is 0 Å². The number of hydrogen-bond donors (Lipinski definition) is 2. The largest absolute Gasteiger partial charge is 0.390 e. The number of nitrogens with one attached hydrogen (secondary N) is 1. The highest BCUT2D eigenvalue weighted by molar-refractivity contribution is 5.46. The molecule has 0 saturated carbocycles. The summed E-state index contributed by atoms with van der Waals surface area (Å²) in [4.78, 5) is 0. The fraction of sp³-hybridized carbons (Fsp3) is 0.591. The molecule has 0 bridgehead atoms. The van der Waals surface area contributed by atoms with Crippen LogP contribution in [-0.4, -0.2) is 34.1 Å². The highest BCUT2D eigenvalue weighted by atomic mass is 16.3. The van der Waals surface area contributed by atoms with E-state index in [1.54, 1.807) is 0 Å². The summed E-state index contributed by atoms with van der Waals surface area (Å²) in [6, 6.07) is 10.8. The van der Waals surface area contributed by atoms with E-state index in [0.29, 0.717) is 11.8 Å². The Bertz CT molecular complexity index is 786. The maximum absolute atomic E-state index is 11.6. The lowest BCUT2D eigenvalue weighted by atomic mass is 9.72. The summed E-state index contributed by atoms with van der Waals surface area (Å²) < 4.78 is 2.14. The Morgan fingerprint density at radius 3 is 2.46 bits per heavy atom. The van der Waals surface area contributed by atoms with E-state index >= 15 is 0 Å². The molecule has 4 heteroatoms. The van der Waals surface area contributed by atoms with Gasteiger partial charge in [-0.1, -0.05) is 52.0 Å². The van der Waals surface area contributed by atoms with E-state index in [2.05, 4.69) is 68.0 Å². The van der Waals surface area contributed by atoms with Gasteiger partial charge < -0.3 is 10.4 Å². The number of hydrogen-bond acceptors (Lipinski definition) is 3. The van der Waals surface area contributed by atoms with Gasteiger partial charge in [0.05, 0.1) is 11.8 Å². The van der Waals surface area contributed by atoms with E-state index in [-0.39, 0.29) is 11.5 Å². The Hall–Kier alpha value is -1.65. The van der Waals surface area contributed by atoms with Gasteiger partial charge in [-0.2, -0.15) is 5.10 Å². The van der Waals surface area contributed by atoms with E-state index in [0.717, 1.165) is 31.6 Å². The summed E-state index contributed by atoms with van der Waals surface area (Å²) in [6.07, 6.45) is 1.54. The van der Waals surface area contributed by atoms with Gasteiger partial charge >= 0.3 is 0 Å². The molecule has 140 valence electrons. The van der Waals surface area contributed by atoms with Crippen LogP contribution in [0.15, 0.2) is 30.3 Å². The molecule has 1 aliphatic heterocycles. The zero-order chi connectivity index (χ0) is 18.5. The van der Waals surface area contributed by atoms with Crippen LogP contribution in [0.5, 0.6) is 0 Å². The molecule has 2 atom stereocenters. The molecule has 1 fully saturated rings. The second kappa shape index (κ2) is 6.50. The molecule has 2 aliphatic rings. The predicted molar refractivity (Wildman–Crippen MR) is 105 cm³/mol. The normalized spacial score (nSPS) is 24.6. The maximum Gasteiger partial charge on any atom is 0.104 e. The molecular formula is C22H31N3O. The van der Waals surface area contributed by atoms with Gasteiger partial charge in [-0.15, -0.1) is 0 Å². The Morgan fingerprint density at radius 2 is 1.81 bits per heavy atom. The van der Waals surface area contributed by atoms with Crippen molar-refractivity contribution in [2.75, 3.05) is 13.1 Å². The molecule has 2 N–H and O–H groups in total. The van der Waals surface area contributed by atoms with Crippen LogP contribution >= 0.6 is 0 Å². The van der Waals surface area contributed by atoms with Gasteiger partial charge in [0.15, 0.2) is 0 Å². The zero-order valence-corrected chi connectivity index (χ0v) is 16.4. The molecule has 2 aromatic rings. The van der Waals surface area contributed by atoms with Crippen LogP contribution in [0.25, 0.3) is 0 Å². The average Bonchev–Trinajstić information content (AvgIpc) is 3.16. The SMILES string of the molecule is CC(C)c1cc(C(C)C)n([C@@H]2c3ccccc3C3(CCNCC3)[C@H]2O)n1. The van der Waals surface area contributed by atoms with Crippen molar-refractivity contribution in [1.82, 2.24) is 15.1 Å². The summed E-state index contributed by atoms with van der Waals surface area (Å²) in [5.74, 6) is 0.759. The summed E-state index contributed by atoms with van der Waals surface area (Å²) >= 11 is 0. The Balaban J connectivity index is 1.88. The molecule has 1 aliphatic carbocycles. The first-order valence-electron chi connectivity index (χ1n) is 10.0. The number of fused-ring (bicyclic) bond motifs is 2. The van der Waals surface area contributed by atoms with Gasteiger partial charge in [0.2, 0.25) is 0 Å². The smallest absolute Gasteiger partial charge is 0.104 e. The molecule has 1 aromatic carbocycles. The van der Waals surface area contributed by atoms with Crippen LogP contribution in [0, 0.1) is 0 Å². The van der Waals surface area contributed by atoms with Crippen LogP contribution in [-0.2, 0) is 5.41 Å². The number of aliphatic hydroxyl groups excluding tert-OH is 1. The fourth-order valence-corrected chi connectivity index (χ4v) is 4.91. The lowest BCUT2D eigenvalue weighted by molar-refractivity contribution is 0.0415. The second-order valence-corrected chi connectivity index (χ2v) is 8.63. The van der Waals surface area contributed by atoms with Crippen LogP contribution in [0.4, 0.5) is 0 Å². The molecule has 1 aromatic heterocycles. The van der Waals surface area contributed by atoms with Gasteiger partial charge in [0.25, 0.3) is 0 Å². The monoisotopic (exact) mass is 353 g/mol. The highest BCUT2D eigenvalue weighted by Crippen LogP contribution is 2.51. The molecule has 26 heavy (non-hydrogen) atoms. The van der Waals surface area contributed by atoms with E-state index in [9.17, 15) is 5.11 Å². The molecule has 0 amide bonds. The molecule has 1 saturated heterocycles. The van der Waals surface area contributed by atoms with Crippen molar-refractivity contribution in [3.63, 3.8) is 0 Å². The quantitative estimate of drug-likeness (QED) is 0.884. The summed E-state index contributed by atoms with van der Waals surface area (Å²) in [5.41, 5.74) is 4.77. The minimum atomic E-state index is -0.431. The van der Waals surface area contributed by atoms with Crippen LogP contribution in [0.1, 0.15) is 80.9 Å². The molecule has 1 spiro atoms. The third-order valence-corrected chi connectivity index (χ3v) is 6.41. The van der Waals surface area contributed by atoms with Crippen LogP contribution < -0.4 is 5.32 Å². The van der Waals surface area contributed by atoms with E-state index < -0.39 is 6.10 Å². The maximum atomic E-state index is 11.6. The minimum Gasteiger partial charge on any atom is -0.390 e. The van der Waals surface area contributed by atoms with Gasteiger partial charge in [-0.05, 0) is 55.0 Å². The summed E-state index contributed by atoms with van der Waals surface area (Å²) in [7, 11) is 0. The highest BCUT2D eigenvalue weighted by Gasteiger charge is 2.53. The number of benzene rings is 1. The second-order valence-electron chi connectivity index (χ2n) is 8.63. The van der Waals surface area contributed by atoms with Crippen molar-refractivity contribution in [2.24, 2.45) is 0 Å². The van der Waals surface area contributed by atoms with Gasteiger partial charge in [-0.25, -0.2) is 0 Å². The number of piperidine rings is 1. The van der Waals surface area contributed by atoms with Crippen molar-refractivity contribution < 1.29 is 5.11 Å². The molecular weight excluding hydrogens is 322 g/mol. The topological polar surface area (TPSA) is 50.1 Å². The van der Waals surface area contributed by atoms with Gasteiger partial charge in [-0.3, -0.25) is 4.68 Å². The standard InChI is InChI=1S/C22H31N3O/c1-14(2)18-13-19(15(3)4)25(24-18)20-16-7-5-6-8-17(16)22(21(20)26)9-11-23-12-10-22/h5-8,13-15,20-21,23,26H,9-12H2,1-4H3/t20-,21+/m1/s1. The van der Waals surface area contributed by atoms with Crippen molar-refractivity contribution in [3.8, 4) is 0 Å². The average molecular weight is 354 g/mol. The first-order chi connectivity index (χ1) is 12.5. The van der Waals surface area contributed by atoms with Gasteiger partial charge in [0, 0.05) is 11.1 Å². The van der Waals surface area contributed by atoms with Crippen molar-refractivity contribution in [2.45, 2.75) is 69.9 Å². The number of aromatic nitrogens is 2. The number of nitrogens with zero attached hydrogens (tertiary/aromatic N) is 2. The zero-order valence-electron chi connectivity index (χ0n) is 16.4. The van der Waals surface area contributed by atoms with Crippen LogP contribution in [0.3, 0.4) is 0 Å². The number of rotatable bonds is 3. The van der Waals surface area contributed by atoms with E-state index in [4.69, 9.17) is 5.10 Å². The summed E-state index contributed by atoms with van der Waals surface area (Å²) in [6.45, 7) is 10.7. The predicted octanol–water partition coefficient (Wildman–Crippen LogP) is 3.72. The lowest BCUT2D eigenvalue weighted by Gasteiger charge is -2.39. The molecule has 2 heterocycles. The third-order valence-electron chi connectivity index (χ3n) is 6.41. The Morgan fingerprint density at radius 1 is 1.12 bits per heavy atom. The molecule has 0 radical (unpaired) electrons. The first kappa shape index (κ1) is 17.7. The van der Waals surface area contributed by atoms with Crippen molar-refractivity contribution in [3.05, 3.63) is 52.8 Å². The van der Waals surface area contributed by atoms with Crippen molar-refractivity contribution in [1.29, 1.82) is 0 Å². The minimum absolute atomic E-state index is 0.0887. The first-order valence-corrected chi connectivity index (χ1v) is 10.0. The molecule has 0 unspecified atom stereocenters. The van der Waals surface area contributed by atoms with Crippen LogP contribution in [0.2, 0.25) is 0 Å². The Kier molecular flexibility index (Phi) is 4.44. The molecule has 4 nitrogen and oxygen atoms in total. The van der Waals surface area contributed by atoms with Gasteiger partial charge in [0.1, 0.15) is 6.04 Å². The fourth-order valence-electron chi connectivity index (χ4n) is 4.91. The lowest BCUT2D eigenvalue weighted by Crippen LogP contribution is -2.47. The Labute approximate surface area is 156 Å². The summed E-state index contributed by atoms with van der Waals surface area (Å²) in [5, 5.41) is 20.0. The number of aliphatic hydroxyl groups is 1. The van der Waals surface area contributed by atoms with E-state index in [1.807, 2.05) is 0 Å². The molecule has 4 rings (SSSR count). The van der Waals surface area contributed by atoms with E-state index in [1.165, 1.54) is 16.8 Å².